The molecule has 1 rings (SSSR count). The van der Waals surface area contributed by atoms with Gasteiger partial charge in [0.15, 0.2) is 0 Å². The van der Waals surface area contributed by atoms with E-state index in [0.29, 0.717) is 0 Å². The molecule has 4 heteroatoms. The van der Waals surface area contributed by atoms with Crippen LogP contribution in [0.15, 0.2) is 0 Å². The molecule has 4 nitrogen and oxygen atoms in total. The van der Waals surface area contributed by atoms with Crippen molar-refractivity contribution in [1.82, 2.24) is 5.32 Å². The van der Waals surface area contributed by atoms with Crippen LogP contribution in [-0.2, 0) is 0 Å². The van der Waals surface area contributed by atoms with E-state index in [1.807, 2.05) is 0 Å². The highest BCUT2D eigenvalue weighted by Crippen LogP contribution is 2.16. The van der Waals surface area contributed by atoms with Crippen molar-refractivity contribution in [3.05, 3.63) is 0 Å². The zero-order chi connectivity index (χ0) is 7.56. The molecule has 0 saturated heterocycles. The fourth-order valence-electron chi connectivity index (χ4n) is 1.33. The molecule has 2 unspecified atom stereocenters. The van der Waals surface area contributed by atoms with Crippen LogP contribution < -0.4 is 11.1 Å². The summed E-state index contributed by atoms with van der Waals surface area (Å²) in [6.45, 7) is 0. The maximum Gasteiger partial charge on any atom is 0.404 e. The van der Waals surface area contributed by atoms with Crippen molar-refractivity contribution in [2.24, 2.45) is 5.73 Å². The number of carbonyl (C=O) groups is 1. The van der Waals surface area contributed by atoms with Crippen LogP contribution in [0.2, 0.25) is 0 Å². The first kappa shape index (κ1) is 7.34. The quantitative estimate of drug-likeness (QED) is 0.489. The molecule has 0 aliphatic heterocycles. The Hall–Kier alpha value is -0.770. The van der Waals surface area contributed by atoms with Crippen molar-refractivity contribution in [3.8, 4) is 0 Å². The lowest BCUT2D eigenvalue weighted by atomic mass is 10.2. The monoisotopic (exact) mass is 144 g/mol. The smallest absolute Gasteiger partial charge is 0.404 e. The fourth-order valence-corrected chi connectivity index (χ4v) is 1.33. The normalized spacial score (nSPS) is 32.1. The topological polar surface area (TPSA) is 75.3 Å². The third-order valence-electron chi connectivity index (χ3n) is 1.88. The first-order valence-electron chi connectivity index (χ1n) is 3.45. The van der Waals surface area contributed by atoms with Gasteiger partial charge in [0.1, 0.15) is 0 Å². The number of rotatable bonds is 1. The van der Waals surface area contributed by atoms with Gasteiger partial charge in [0.25, 0.3) is 0 Å². The van der Waals surface area contributed by atoms with E-state index in [1.54, 1.807) is 0 Å². The lowest BCUT2D eigenvalue weighted by Gasteiger charge is -2.13. The highest BCUT2D eigenvalue weighted by Gasteiger charge is 2.24. The molecule has 0 aromatic carbocycles. The lowest BCUT2D eigenvalue weighted by Crippen LogP contribution is -2.43. The van der Waals surface area contributed by atoms with Crippen molar-refractivity contribution in [1.29, 1.82) is 0 Å². The van der Waals surface area contributed by atoms with Gasteiger partial charge in [-0.1, -0.05) is 0 Å². The highest BCUT2D eigenvalue weighted by molar-refractivity contribution is 5.65. The number of carboxylic acid groups (broad SMARTS) is 1. The highest BCUT2D eigenvalue weighted by atomic mass is 16.4. The summed E-state index contributed by atoms with van der Waals surface area (Å²) in [6, 6.07) is 0.00796. The van der Waals surface area contributed by atoms with Crippen molar-refractivity contribution < 1.29 is 9.90 Å². The number of nitrogens with one attached hydrogen (secondary N) is 1. The van der Waals surface area contributed by atoms with Crippen molar-refractivity contribution in [3.63, 3.8) is 0 Å². The Morgan fingerprint density at radius 1 is 1.60 bits per heavy atom. The van der Waals surface area contributed by atoms with Crippen molar-refractivity contribution >= 4 is 6.09 Å². The SMILES string of the molecule is NC1CCCC1NC(=O)O. The average Bonchev–Trinajstić information content (AvgIpc) is 2.15. The minimum absolute atomic E-state index is 0.0162. The zero-order valence-corrected chi connectivity index (χ0v) is 5.71. The summed E-state index contributed by atoms with van der Waals surface area (Å²) in [4.78, 5) is 10.1. The first-order valence-corrected chi connectivity index (χ1v) is 3.45. The first-order chi connectivity index (χ1) is 4.70. The molecule has 58 valence electrons. The van der Waals surface area contributed by atoms with Crippen molar-refractivity contribution in [2.75, 3.05) is 0 Å². The van der Waals surface area contributed by atoms with E-state index in [2.05, 4.69) is 5.32 Å². The van der Waals surface area contributed by atoms with E-state index in [4.69, 9.17) is 10.8 Å². The Morgan fingerprint density at radius 2 is 2.30 bits per heavy atom. The standard InChI is InChI=1S/C6H12N2O2/c7-4-2-1-3-5(4)8-6(9)10/h4-5,8H,1-3,7H2,(H,9,10). The molecule has 2 atom stereocenters. The lowest BCUT2D eigenvalue weighted by molar-refractivity contribution is 0.189. The van der Waals surface area contributed by atoms with Gasteiger partial charge in [-0.2, -0.15) is 0 Å². The van der Waals surface area contributed by atoms with Gasteiger partial charge in [-0.25, -0.2) is 4.79 Å². The second kappa shape index (κ2) is 2.88. The van der Waals surface area contributed by atoms with Crippen LogP contribution in [-0.4, -0.2) is 23.3 Å². The van der Waals surface area contributed by atoms with Crippen LogP contribution in [0.3, 0.4) is 0 Å². The van der Waals surface area contributed by atoms with Gasteiger partial charge in [0.05, 0.1) is 0 Å². The van der Waals surface area contributed by atoms with Crippen LogP contribution in [0.25, 0.3) is 0 Å². The number of amides is 1. The predicted octanol–water partition coefficient (Wildman–Crippen LogP) is 0.134. The van der Waals surface area contributed by atoms with Crippen molar-refractivity contribution in [2.45, 2.75) is 31.3 Å². The Morgan fingerprint density at radius 3 is 2.70 bits per heavy atom. The molecular formula is C6H12N2O2. The summed E-state index contributed by atoms with van der Waals surface area (Å²) < 4.78 is 0. The molecule has 1 aliphatic carbocycles. The summed E-state index contributed by atoms with van der Waals surface area (Å²) in [6.07, 6.45) is 1.88. The molecule has 1 amide bonds. The van der Waals surface area contributed by atoms with Gasteiger partial charge in [-0.15, -0.1) is 0 Å². The van der Waals surface area contributed by atoms with Gasteiger partial charge in [0.2, 0.25) is 0 Å². The Bertz CT molecular complexity index is 138. The molecule has 0 aromatic heterocycles. The zero-order valence-electron chi connectivity index (χ0n) is 5.71. The molecule has 0 radical (unpaired) electrons. The van der Waals surface area contributed by atoms with E-state index in [9.17, 15) is 4.79 Å². The second-order valence-corrected chi connectivity index (χ2v) is 2.65. The second-order valence-electron chi connectivity index (χ2n) is 2.65. The summed E-state index contributed by atoms with van der Waals surface area (Å²) in [5.74, 6) is 0. The van der Waals surface area contributed by atoms with Gasteiger partial charge < -0.3 is 16.2 Å². The summed E-state index contributed by atoms with van der Waals surface area (Å²) in [7, 11) is 0. The maximum atomic E-state index is 10.1. The summed E-state index contributed by atoms with van der Waals surface area (Å²) in [5.41, 5.74) is 5.60. The Balaban J connectivity index is 2.33. The van der Waals surface area contributed by atoms with Gasteiger partial charge in [-0.3, -0.25) is 0 Å². The molecular weight excluding hydrogens is 132 g/mol. The van der Waals surface area contributed by atoms with Gasteiger partial charge in [-0.05, 0) is 19.3 Å². The summed E-state index contributed by atoms with van der Waals surface area (Å²) in [5, 5.41) is 10.7. The van der Waals surface area contributed by atoms with E-state index in [0.717, 1.165) is 19.3 Å². The minimum atomic E-state index is -0.970. The number of hydrogen-bond donors (Lipinski definition) is 3. The fraction of sp³-hybridized carbons (Fsp3) is 0.833. The van der Waals surface area contributed by atoms with Crippen LogP contribution in [0.5, 0.6) is 0 Å². The largest absolute Gasteiger partial charge is 0.465 e. The van der Waals surface area contributed by atoms with Crippen LogP contribution in [0.1, 0.15) is 19.3 Å². The van der Waals surface area contributed by atoms with E-state index >= 15 is 0 Å². The minimum Gasteiger partial charge on any atom is -0.465 e. The number of hydrogen-bond acceptors (Lipinski definition) is 2. The molecule has 0 aromatic rings. The Kier molecular flexibility index (Phi) is 2.11. The van der Waals surface area contributed by atoms with E-state index < -0.39 is 6.09 Å². The predicted molar refractivity (Wildman–Crippen MR) is 36.8 cm³/mol. The Labute approximate surface area is 59.4 Å². The molecule has 0 spiro atoms. The molecule has 0 bridgehead atoms. The number of nitrogens with two attached hydrogens (primary N) is 1. The van der Waals surface area contributed by atoms with Crippen LogP contribution >= 0.6 is 0 Å². The molecule has 0 heterocycles. The van der Waals surface area contributed by atoms with Gasteiger partial charge >= 0.3 is 6.09 Å². The molecule has 1 saturated carbocycles. The van der Waals surface area contributed by atoms with Gasteiger partial charge in [0, 0.05) is 12.1 Å². The third-order valence-corrected chi connectivity index (χ3v) is 1.88. The summed E-state index contributed by atoms with van der Waals surface area (Å²) >= 11 is 0. The van der Waals surface area contributed by atoms with E-state index in [1.165, 1.54) is 0 Å². The molecule has 4 N–H and O–H groups in total. The van der Waals surface area contributed by atoms with Crippen LogP contribution in [0, 0.1) is 0 Å². The van der Waals surface area contributed by atoms with Crippen LogP contribution in [0.4, 0.5) is 4.79 Å². The third kappa shape index (κ3) is 1.60. The molecule has 10 heavy (non-hydrogen) atoms. The maximum absolute atomic E-state index is 10.1. The average molecular weight is 144 g/mol. The van der Waals surface area contributed by atoms with E-state index in [-0.39, 0.29) is 12.1 Å². The molecule has 1 fully saturated rings. The molecule has 1 aliphatic rings.